The summed E-state index contributed by atoms with van der Waals surface area (Å²) in [6.07, 6.45) is -2.56. The number of hydrogen-bond acceptors (Lipinski definition) is 8. The van der Waals surface area contributed by atoms with Crippen molar-refractivity contribution in [3.8, 4) is 11.4 Å². The summed E-state index contributed by atoms with van der Waals surface area (Å²) < 4.78 is 45.6. The van der Waals surface area contributed by atoms with Gasteiger partial charge < -0.3 is 9.64 Å². The molecule has 0 N–H and O–H groups in total. The van der Waals surface area contributed by atoms with Crippen LogP contribution in [0.5, 0.6) is 5.75 Å². The third-order valence-electron chi connectivity index (χ3n) is 5.34. The number of hydrogen-bond donors (Lipinski definition) is 0. The van der Waals surface area contributed by atoms with Crippen molar-refractivity contribution in [3.63, 3.8) is 0 Å². The summed E-state index contributed by atoms with van der Waals surface area (Å²) in [6, 6.07) is 9.05. The molecule has 4 rings (SSSR count). The van der Waals surface area contributed by atoms with Crippen LogP contribution >= 0.6 is 0 Å². The molecule has 2 aromatic carbocycles. The van der Waals surface area contributed by atoms with Crippen molar-refractivity contribution in [2.24, 2.45) is 5.92 Å². The van der Waals surface area contributed by atoms with Gasteiger partial charge in [0.2, 0.25) is 0 Å². The first kappa shape index (κ1) is 22.2. The van der Waals surface area contributed by atoms with Crippen LogP contribution in [-0.2, 0) is 11.0 Å². The van der Waals surface area contributed by atoms with E-state index in [4.69, 9.17) is 4.74 Å². The number of nitro benzene ring substituents is 1. The Kier molecular flexibility index (Phi) is 5.94. The van der Waals surface area contributed by atoms with Gasteiger partial charge in [-0.2, -0.15) is 13.2 Å². The Balaban J connectivity index is 1.38. The van der Waals surface area contributed by atoms with E-state index in [1.54, 1.807) is 29.2 Å². The second-order valence-corrected chi connectivity index (χ2v) is 7.39. The first-order valence-corrected chi connectivity index (χ1v) is 9.88. The minimum atomic E-state index is -4.68. The van der Waals surface area contributed by atoms with Crippen molar-refractivity contribution in [2.45, 2.75) is 19.0 Å². The predicted molar refractivity (Wildman–Crippen MR) is 108 cm³/mol. The van der Waals surface area contributed by atoms with Crippen LogP contribution in [0.4, 0.5) is 24.5 Å². The lowest BCUT2D eigenvalue weighted by atomic mass is 9.96. The van der Waals surface area contributed by atoms with Crippen molar-refractivity contribution in [1.82, 2.24) is 20.2 Å². The summed E-state index contributed by atoms with van der Waals surface area (Å²) in [5, 5.41) is 22.2. The van der Waals surface area contributed by atoms with Crippen molar-refractivity contribution < 1.29 is 27.6 Å². The van der Waals surface area contributed by atoms with Crippen LogP contribution in [0.3, 0.4) is 0 Å². The Morgan fingerprint density at radius 1 is 1.12 bits per heavy atom. The molecule has 0 aliphatic carbocycles. The average Bonchev–Trinajstić information content (AvgIpc) is 3.33. The Hall–Kier alpha value is -4.03. The molecule has 1 saturated heterocycles. The van der Waals surface area contributed by atoms with Crippen LogP contribution in [0.2, 0.25) is 0 Å². The second-order valence-electron chi connectivity index (χ2n) is 7.39. The molecule has 33 heavy (non-hydrogen) atoms. The van der Waals surface area contributed by atoms with Gasteiger partial charge >= 0.3 is 12.1 Å². The normalized spacial score (nSPS) is 14.8. The van der Waals surface area contributed by atoms with E-state index in [9.17, 15) is 28.1 Å². The fraction of sp³-hybridized carbons (Fsp3) is 0.300. The van der Waals surface area contributed by atoms with Crippen LogP contribution in [0, 0.1) is 16.0 Å². The van der Waals surface area contributed by atoms with Gasteiger partial charge in [0.05, 0.1) is 22.1 Å². The number of nitrogens with zero attached hydrogens (tertiary/aromatic N) is 6. The monoisotopic (exact) mass is 462 g/mol. The van der Waals surface area contributed by atoms with Crippen molar-refractivity contribution in [2.75, 3.05) is 18.0 Å². The van der Waals surface area contributed by atoms with Crippen LogP contribution in [0.15, 0.2) is 48.8 Å². The number of esters is 1. The number of piperidine rings is 1. The number of halogens is 3. The third kappa shape index (κ3) is 4.91. The predicted octanol–water partition coefficient (Wildman–Crippen LogP) is 3.41. The first-order chi connectivity index (χ1) is 15.7. The molecule has 13 heteroatoms. The van der Waals surface area contributed by atoms with Gasteiger partial charge in [0.15, 0.2) is 0 Å². The molecule has 1 aliphatic heterocycles. The van der Waals surface area contributed by atoms with Gasteiger partial charge in [0.25, 0.3) is 5.69 Å². The number of carbonyl (C=O) groups is 1. The summed E-state index contributed by atoms with van der Waals surface area (Å²) in [5.74, 6) is -0.529. The summed E-state index contributed by atoms with van der Waals surface area (Å²) in [4.78, 5) is 24.7. The third-order valence-corrected chi connectivity index (χ3v) is 5.34. The number of carbonyl (C=O) groups excluding carboxylic acids is 1. The number of rotatable bonds is 5. The van der Waals surface area contributed by atoms with Crippen LogP contribution in [0.25, 0.3) is 5.69 Å². The highest BCUT2D eigenvalue weighted by Crippen LogP contribution is 2.37. The molecule has 0 unspecified atom stereocenters. The first-order valence-electron chi connectivity index (χ1n) is 9.88. The average molecular weight is 462 g/mol. The molecule has 1 fully saturated rings. The van der Waals surface area contributed by atoms with E-state index in [0.717, 1.165) is 12.1 Å². The minimum absolute atomic E-state index is 0.0954. The SMILES string of the molecule is O=C(Oc1ccc(-n2cnnn2)cc1)C1CCN(c2ccc(C(F)(F)F)cc2[N+](=O)[O-])CC1. The van der Waals surface area contributed by atoms with Crippen LogP contribution in [0.1, 0.15) is 18.4 Å². The molecule has 3 aromatic rings. The van der Waals surface area contributed by atoms with Gasteiger partial charge in [-0.3, -0.25) is 14.9 Å². The van der Waals surface area contributed by atoms with Gasteiger partial charge in [-0.15, -0.1) is 5.10 Å². The van der Waals surface area contributed by atoms with Gasteiger partial charge in [0, 0.05) is 19.2 Å². The Labute approximate surface area is 184 Å². The highest BCUT2D eigenvalue weighted by atomic mass is 19.4. The highest BCUT2D eigenvalue weighted by Gasteiger charge is 2.35. The largest absolute Gasteiger partial charge is 0.426 e. The van der Waals surface area contributed by atoms with E-state index in [1.165, 1.54) is 11.0 Å². The maximum Gasteiger partial charge on any atom is 0.416 e. The molecule has 0 radical (unpaired) electrons. The smallest absolute Gasteiger partial charge is 0.416 e. The van der Waals surface area contributed by atoms with Crippen LogP contribution < -0.4 is 9.64 Å². The van der Waals surface area contributed by atoms with Crippen molar-refractivity contribution in [1.29, 1.82) is 0 Å². The maximum atomic E-state index is 12.9. The molecule has 0 saturated carbocycles. The van der Waals surface area contributed by atoms with Gasteiger partial charge in [-0.1, -0.05) is 0 Å². The zero-order valence-electron chi connectivity index (χ0n) is 17.0. The molecular formula is C20H17F3N6O4. The van der Waals surface area contributed by atoms with Crippen LogP contribution in [-0.4, -0.2) is 44.2 Å². The second kappa shape index (κ2) is 8.84. The molecule has 1 aliphatic rings. The van der Waals surface area contributed by atoms with E-state index in [0.29, 0.717) is 30.3 Å². The molecule has 10 nitrogen and oxygen atoms in total. The van der Waals surface area contributed by atoms with Gasteiger partial charge in [-0.25, -0.2) is 4.68 Å². The molecule has 0 amide bonds. The number of tetrazole rings is 1. The molecule has 172 valence electrons. The molecule has 0 spiro atoms. The molecular weight excluding hydrogens is 445 g/mol. The summed E-state index contributed by atoms with van der Waals surface area (Å²) in [6.45, 7) is 0.536. The van der Waals surface area contributed by atoms with Gasteiger partial charge in [-0.05, 0) is 59.7 Å². The van der Waals surface area contributed by atoms with E-state index >= 15 is 0 Å². The topological polar surface area (TPSA) is 116 Å². The number of benzene rings is 2. The fourth-order valence-electron chi connectivity index (χ4n) is 3.62. The number of nitro groups is 1. The van der Waals surface area contributed by atoms with E-state index in [2.05, 4.69) is 15.5 Å². The Morgan fingerprint density at radius 2 is 1.82 bits per heavy atom. The Bertz CT molecular complexity index is 1140. The molecule has 1 aromatic heterocycles. The molecule has 2 heterocycles. The van der Waals surface area contributed by atoms with E-state index in [1.807, 2.05) is 0 Å². The fourth-order valence-corrected chi connectivity index (χ4v) is 3.62. The number of aromatic nitrogens is 4. The van der Waals surface area contributed by atoms with E-state index in [-0.39, 0.29) is 18.8 Å². The summed E-state index contributed by atoms with van der Waals surface area (Å²) in [7, 11) is 0. The van der Waals surface area contributed by atoms with Gasteiger partial charge in [0.1, 0.15) is 17.8 Å². The summed E-state index contributed by atoms with van der Waals surface area (Å²) in [5.41, 5.74) is -0.916. The highest BCUT2D eigenvalue weighted by molar-refractivity contribution is 5.76. The minimum Gasteiger partial charge on any atom is -0.426 e. The standard InChI is InChI=1S/C20H17F3N6O4/c21-20(22,23)14-1-6-17(18(11-14)29(31)32)27-9-7-13(8-10-27)19(30)33-16-4-2-15(3-5-16)28-12-24-25-26-28/h1-6,11-13H,7-10H2. The zero-order valence-corrected chi connectivity index (χ0v) is 17.0. The van der Waals surface area contributed by atoms with E-state index < -0.39 is 34.2 Å². The lowest BCUT2D eigenvalue weighted by Crippen LogP contribution is -2.38. The van der Waals surface area contributed by atoms with Crippen molar-refractivity contribution >= 4 is 17.3 Å². The lowest BCUT2D eigenvalue weighted by Gasteiger charge is -2.32. The number of alkyl halides is 3. The zero-order chi connectivity index (χ0) is 23.6. The maximum absolute atomic E-state index is 12.9. The number of anilines is 1. The Morgan fingerprint density at radius 3 is 2.39 bits per heavy atom. The summed E-state index contributed by atoms with van der Waals surface area (Å²) >= 11 is 0. The molecule has 0 bridgehead atoms. The molecule has 0 atom stereocenters. The number of ether oxygens (including phenoxy) is 1. The lowest BCUT2D eigenvalue weighted by molar-refractivity contribution is -0.384. The van der Waals surface area contributed by atoms with Crippen molar-refractivity contribution in [3.05, 3.63) is 64.5 Å². The quantitative estimate of drug-likeness (QED) is 0.245.